The van der Waals surface area contributed by atoms with Gasteiger partial charge in [-0.2, -0.15) is 0 Å². The Morgan fingerprint density at radius 2 is 2.00 bits per heavy atom. The highest BCUT2D eigenvalue weighted by atomic mass is 16.5. The van der Waals surface area contributed by atoms with Crippen molar-refractivity contribution < 1.29 is 29.3 Å². The fourth-order valence-electron chi connectivity index (χ4n) is 3.59. The van der Waals surface area contributed by atoms with Crippen LogP contribution < -0.4 is 15.4 Å². The lowest BCUT2D eigenvalue weighted by atomic mass is 10.0. The minimum Gasteiger partial charge on any atom is -0.496 e. The van der Waals surface area contributed by atoms with E-state index in [0.717, 1.165) is 6.54 Å². The fraction of sp³-hybridized carbons (Fsp3) is 0.526. The summed E-state index contributed by atoms with van der Waals surface area (Å²) in [6.07, 6.45) is 0.523. The van der Waals surface area contributed by atoms with Gasteiger partial charge in [0.2, 0.25) is 5.91 Å². The van der Waals surface area contributed by atoms with E-state index in [1.54, 1.807) is 25.3 Å². The molecule has 0 radical (unpaired) electrons. The molecule has 2 atom stereocenters. The summed E-state index contributed by atoms with van der Waals surface area (Å²) >= 11 is 0. The van der Waals surface area contributed by atoms with E-state index < -0.39 is 0 Å². The lowest BCUT2D eigenvalue weighted by Gasteiger charge is -2.38. The fourth-order valence-corrected chi connectivity index (χ4v) is 3.59. The maximum Gasteiger partial charge on any atom is 0.324 e. The van der Waals surface area contributed by atoms with E-state index in [1.807, 2.05) is 6.07 Å². The van der Waals surface area contributed by atoms with Gasteiger partial charge in [0.15, 0.2) is 0 Å². The van der Waals surface area contributed by atoms with Gasteiger partial charge in [0.25, 0.3) is 5.91 Å². The highest BCUT2D eigenvalue weighted by Crippen LogP contribution is 2.19. The Hall–Kier alpha value is -2.69. The number of piperidine rings is 1. The first-order chi connectivity index (χ1) is 13.5. The summed E-state index contributed by atoms with van der Waals surface area (Å²) in [5.41, 5.74) is 0.487. The third-order valence-corrected chi connectivity index (χ3v) is 5.19. The predicted molar refractivity (Wildman–Crippen MR) is 105 cm³/mol. The molecule has 2 aliphatic rings. The topological polar surface area (TPSA) is 132 Å². The lowest BCUT2D eigenvalue weighted by molar-refractivity contribution is -0.125. The Morgan fingerprint density at radius 1 is 1.24 bits per heavy atom. The number of likely N-dealkylation sites (tertiary alicyclic amines) is 1. The summed E-state index contributed by atoms with van der Waals surface area (Å²) in [7, 11) is 3.15. The Kier molecular flexibility index (Phi) is 7.94. The number of hydrogen-bond acceptors (Lipinski definition) is 6. The maximum absolute atomic E-state index is 12.7. The van der Waals surface area contributed by atoms with Gasteiger partial charge in [0.1, 0.15) is 5.75 Å². The number of urea groups is 1. The predicted octanol–water partition coefficient (Wildman–Crippen LogP) is -0.759. The Bertz CT molecular complexity index is 727. The summed E-state index contributed by atoms with van der Waals surface area (Å²) in [4.78, 5) is 39.3. The largest absolute Gasteiger partial charge is 0.496 e. The molecule has 0 saturated carbocycles. The molecule has 2 heterocycles. The average molecular weight is 408 g/mol. The molecule has 2 saturated heterocycles. The Morgan fingerprint density at radius 3 is 2.66 bits per heavy atom. The van der Waals surface area contributed by atoms with E-state index in [4.69, 9.17) is 9.47 Å². The van der Waals surface area contributed by atoms with Gasteiger partial charge in [0.05, 0.1) is 31.4 Å². The van der Waals surface area contributed by atoms with Crippen molar-refractivity contribution in [1.29, 1.82) is 0 Å². The van der Waals surface area contributed by atoms with Crippen LogP contribution in [0.5, 0.6) is 5.75 Å². The molecule has 160 valence electrons. The molecule has 4 N–H and O–H groups in total. The number of nitrogens with one attached hydrogen (secondary N) is 2. The zero-order valence-electron chi connectivity index (χ0n) is 16.6. The van der Waals surface area contributed by atoms with Crippen LogP contribution in [0.4, 0.5) is 4.79 Å². The number of carbonyl (C=O) groups is 3. The van der Waals surface area contributed by atoms with Crippen molar-refractivity contribution in [2.24, 2.45) is 0 Å². The third-order valence-electron chi connectivity index (χ3n) is 5.19. The molecule has 0 aromatic heterocycles. The van der Waals surface area contributed by atoms with Crippen molar-refractivity contribution in [3.8, 4) is 5.75 Å². The molecule has 1 aromatic carbocycles. The first kappa shape index (κ1) is 22.6. The van der Waals surface area contributed by atoms with E-state index in [1.165, 1.54) is 12.0 Å². The summed E-state index contributed by atoms with van der Waals surface area (Å²) in [6, 6.07) is 6.62. The number of hydrogen-bond donors (Lipinski definition) is 2. The van der Waals surface area contributed by atoms with Crippen LogP contribution in [0.25, 0.3) is 0 Å². The van der Waals surface area contributed by atoms with E-state index in [-0.39, 0.29) is 42.0 Å². The van der Waals surface area contributed by atoms with Crippen molar-refractivity contribution in [2.45, 2.75) is 18.6 Å². The highest BCUT2D eigenvalue weighted by molar-refractivity contribution is 6.01. The van der Waals surface area contributed by atoms with Crippen LogP contribution in [-0.2, 0) is 9.53 Å². The zero-order valence-corrected chi connectivity index (χ0v) is 16.6. The Labute approximate surface area is 169 Å². The highest BCUT2D eigenvalue weighted by Gasteiger charge is 2.33. The standard InChI is InChI=1S/C19H26N4O5.H2O/c1-27-15-6-4-3-5-13(15)18(25)21-14-7-8-22(12-16(14)28-2)9-10-23-17(24)11-20-19(23)26;/h3-6,14,16H,7-12H2,1-2H3,(H,20,26)(H,21,25);1H2. The van der Waals surface area contributed by atoms with Crippen molar-refractivity contribution in [3.05, 3.63) is 29.8 Å². The van der Waals surface area contributed by atoms with Crippen molar-refractivity contribution in [2.75, 3.05) is 46.9 Å². The summed E-state index contributed by atoms with van der Waals surface area (Å²) in [5, 5.41) is 5.56. The lowest BCUT2D eigenvalue weighted by Crippen LogP contribution is -2.55. The van der Waals surface area contributed by atoms with Gasteiger partial charge in [0, 0.05) is 33.3 Å². The number of methoxy groups -OCH3 is 2. The molecule has 1 aromatic rings. The van der Waals surface area contributed by atoms with E-state index in [0.29, 0.717) is 37.4 Å². The first-order valence-electron chi connectivity index (χ1n) is 9.30. The number of benzene rings is 1. The SMILES string of the molecule is COc1ccccc1C(=O)NC1CCN(CCN2C(=O)CNC2=O)CC1OC.O. The second-order valence-corrected chi connectivity index (χ2v) is 6.85. The zero-order chi connectivity index (χ0) is 20.1. The molecule has 29 heavy (non-hydrogen) atoms. The third kappa shape index (κ3) is 5.22. The van der Waals surface area contributed by atoms with Gasteiger partial charge < -0.3 is 25.6 Å². The van der Waals surface area contributed by atoms with Crippen molar-refractivity contribution >= 4 is 17.8 Å². The van der Waals surface area contributed by atoms with Crippen molar-refractivity contribution in [1.82, 2.24) is 20.4 Å². The van der Waals surface area contributed by atoms with Crippen LogP contribution in [0.2, 0.25) is 0 Å². The van der Waals surface area contributed by atoms with Crippen molar-refractivity contribution in [3.63, 3.8) is 0 Å². The number of para-hydroxylation sites is 1. The van der Waals surface area contributed by atoms with Gasteiger partial charge in [-0.3, -0.25) is 19.4 Å². The van der Waals surface area contributed by atoms with Gasteiger partial charge in [-0.1, -0.05) is 12.1 Å². The summed E-state index contributed by atoms with van der Waals surface area (Å²) in [6.45, 7) is 2.33. The number of amides is 4. The quantitative estimate of drug-likeness (QED) is 0.570. The summed E-state index contributed by atoms with van der Waals surface area (Å²) in [5.74, 6) is 0.129. The molecular formula is C19H28N4O6. The summed E-state index contributed by atoms with van der Waals surface area (Å²) < 4.78 is 10.9. The van der Waals surface area contributed by atoms with Crippen LogP contribution in [-0.4, -0.2) is 92.2 Å². The van der Waals surface area contributed by atoms with Crippen LogP contribution in [0.3, 0.4) is 0 Å². The first-order valence-corrected chi connectivity index (χ1v) is 9.30. The van der Waals surface area contributed by atoms with E-state index in [2.05, 4.69) is 15.5 Å². The molecule has 10 heteroatoms. The molecule has 0 aliphatic carbocycles. The molecule has 0 bridgehead atoms. The molecule has 2 aliphatic heterocycles. The van der Waals surface area contributed by atoms with Gasteiger partial charge in [-0.25, -0.2) is 4.79 Å². The Balaban J connectivity index is 0.00000300. The van der Waals surface area contributed by atoms with E-state index in [9.17, 15) is 14.4 Å². The molecule has 2 fully saturated rings. The molecule has 3 rings (SSSR count). The minimum atomic E-state index is -0.341. The smallest absolute Gasteiger partial charge is 0.324 e. The van der Waals surface area contributed by atoms with E-state index >= 15 is 0 Å². The maximum atomic E-state index is 12.7. The number of imide groups is 1. The number of ether oxygens (including phenoxy) is 2. The normalized spacial score (nSPS) is 22.1. The molecule has 10 nitrogen and oxygen atoms in total. The molecule has 0 spiro atoms. The second-order valence-electron chi connectivity index (χ2n) is 6.85. The number of rotatable bonds is 7. The number of carbonyl (C=O) groups excluding carboxylic acids is 3. The molecule has 4 amide bonds. The van der Waals surface area contributed by atoms with Gasteiger partial charge in [-0.15, -0.1) is 0 Å². The second kappa shape index (κ2) is 10.2. The van der Waals surface area contributed by atoms with Crippen LogP contribution in [0.15, 0.2) is 24.3 Å². The van der Waals surface area contributed by atoms with Crippen LogP contribution in [0.1, 0.15) is 16.8 Å². The molecular weight excluding hydrogens is 380 g/mol. The number of nitrogens with zero attached hydrogens (tertiary/aromatic N) is 2. The van der Waals surface area contributed by atoms with Gasteiger partial charge in [-0.05, 0) is 18.6 Å². The van der Waals surface area contributed by atoms with Crippen LogP contribution >= 0.6 is 0 Å². The monoisotopic (exact) mass is 408 g/mol. The minimum absolute atomic E-state index is 0. The van der Waals surface area contributed by atoms with Crippen LogP contribution in [0, 0.1) is 0 Å². The average Bonchev–Trinajstić information content (AvgIpc) is 3.04. The molecule has 2 unspecified atom stereocenters. The van der Waals surface area contributed by atoms with Gasteiger partial charge >= 0.3 is 6.03 Å².